The molecule has 3 heteroatoms. The van der Waals surface area contributed by atoms with E-state index in [0.717, 1.165) is 5.56 Å². The zero-order valence-corrected chi connectivity index (χ0v) is 8.53. The van der Waals surface area contributed by atoms with E-state index in [1.807, 2.05) is 13.8 Å². The summed E-state index contributed by atoms with van der Waals surface area (Å²) in [5.74, 6) is -0.386. The monoisotopic (exact) mass is 201 g/mol. The second-order valence-electron chi connectivity index (χ2n) is 3.88. The summed E-state index contributed by atoms with van der Waals surface area (Å²) in [6.45, 7) is 3.77. The Hall–Kier alpha value is -0.600. The van der Waals surface area contributed by atoms with E-state index in [9.17, 15) is 4.39 Å². The lowest BCUT2D eigenvalue weighted by molar-refractivity contribution is 0.514. The Morgan fingerprint density at radius 1 is 1.46 bits per heavy atom. The average molecular weight is 202 g/mol. The van der Waals surface area contributed by atoms with E-state index in [-0.39, 0.29) is 16.4 Å². The fourth-order valence-corrected chi connectivity index (χ4v) is 1.37. The standard InChI is InChI=1S/C10H13ClFN/c1-10(2,13)6-7-4-3-5-8(12)9(7)11/h3-5H,6,13H2,1-2H3. The molecule has 0 unspecified atom stereocenters. The van der Waals surface area contributed by atoms with Gasteiger partial charge in [-0.05, 0) is 31.9 Å². The van der Waals surface area contributed by atoms with Gasteiger partial charge in [-0.3, -0.25) is 0 Å². The van der Waals surface area contributed by atoms with E-state index in [1.54, 1.807) is 12.1 Å². The average Bonchev–Trinajstić information content (AvgIpc) is 1.96. The number of benzene rings is 1. The first-order chi connectivity index (χ1) is 5.90. The van der Waals surface area contributed by atoms with E-state index in [4.69, 9.17) is 17.3 Å². The predicted octanol–water partition coefficient (Wildman–Crippen LogP) is 2.76. The van der Waals surface area contributed by atoms with E-state index in [1.165, 1.54) is 6.07 Å². The van der Waals surface area contributed by atoms with Crippen molar-refractivity contribution in [3.63, 3.8) is 0 Å². The zero-order chi connectivity index (χ0) is 10.1. The second kappa shape index (κ2) is 3.64. The van der Waals surface area contributed by atoms with Crippen molar-refractivity contribution in [2.75, 3.05) is 0 Å². The third-order valence-corrected chi connectivity index (χ3v) is 2.10. The molecule has 0 aliphatic carbocycles. The van der Waals surface area contributed by atoms with Crippen molar-refractivity contribution in [2.45, 2.75) is 25.8 Å². The van der Waals surface area contributed by atoms with Crippen LogP contribution in [-0.2, 0) is 6.42 Å². The summed E-state index contributed by atoms with van der Waals surface area (Å²) in [5, 5.41) is 0.182. The lowest BCUT2D eigenvalue weighted by Gasteiger charge is -2.19. The molecule has 72 valence electrons. The molecule has 0 radical (unpaired) electrons. The molecule has 2 N–H and O–H groups in total. The minimum Gasteiger partial charge on any atom is -0.325 e. The van der Waals surface area contributed by atoms with Gasteiger partial charge in [0.05, 0.1) is 5.02 Å². The van der Waals surface area contributed by atoms with E-state index >= 15 is 0 Å². The number of hydrogen-bond donors (Lipinski definition) is 1. The van der Waals surface area contributed by atoms with Crippen LogP contribution >= 0.6 is 11.6 Å². The van der Waals surface area contributed by atoms with Crippen LogP contribution in [0.25, 0.3) is 0 Å². The fraction of sp³-hybridized carbons (Fsp3) is 0.400. The highest BCUT2D eigenvalue weighted by Crippen LogP contribution is 2.22. The number of nitrogens with two attached hydrogens (primary N) is 1. The largest absolute Gasteiger partial charge is 0.325 e. The van der Waals surface area contributed by atoms with Gasteiger partial charge in [-0.25, -0.2) is 4.39 Å². The lowest BCUT2D eigenvalue weighted by Crippen LogP contribution is -2.34. The quantitative estimate of drug-likeness (QED) is 0.783. The number of hydrogen-bond acceptors (Lipinski definition) is 1. The minimum absolute atomic E-state index is 0.182. The van der Waals surface area contributed by atoms with Crippen molar-refractivity contribution in [2.24, 2.45) is 5.73 Å². The van der Waals surface area contributed by atoms with Crippen LogP contribution in [0.5, 0.6) is 0 Å². The van der Waals surface area contributed by atoms with Crippen molar-refractivity contribution < 1.29 is 4.39 Å². The van der Waals surface area contributed by atoms with Crippen molar-refractivity contribution >= 4 is 11.6 Å². The molecule has 13 heavy (non-hydrogen) atoms. The summed E-state index contributed by atoms with van der Waals surface area (Å²) in [5.41, 5.74) is 6.20. The fourth-order valence-electron chi connectivity index (χ4n) is 1.18. The van der Waals surface area contributed by atoms with Crippen molar-refractivity contribution in [1.82, 2.24) is 0 Å². The molecule has 0 bridgehead atoms. The maximum Gasteiger partial charge on any atom is 0.142 e. The van der Waals surface area contributed by atoms with Gasteiger partial charge in [0, 0.05) is 5.54 Å². The first kappa shape index (κ1) is 10.5. The van der Waals surface area contributed by atoms with Gasteiger partial charge < -0.3 is 5.73 Å². The van der Waals surface area contributed by atoms with Gasteiger partial charge >= 0.3 is 0 Å². The number of rotatable bonds is 2. The van der Waals surface area contributed by atoms with Gasteiger partial charge in [-0.1, -0.05) is 23.7 Å². The van der Waals surface area contributed by atoms with Crippen molar-refractivity contribution in [1.29, 1.82) is 0 Å². The highest BCUT2D eigenvalue weighted by Gasteiger charge is 2.15. The first-order valence-electron chi connectivity index (χ1n) is 4.12. The van der Waals surface area contributed by atoms with Gasteiger partial charge in [0.2, 0.25) is 0 Å². The summed E-state index contributed by atoms with van der Waals surface area (Å²) >= 11 is 5.77. The molecular formula is C10H13ClFN. The Kier molecular flexibility index (Phi) is 2.94. The van der Waals surface area contributed by atoms with Crippen LogP contribution in [0.2, 0.25) is 5.02 Å². The van der Waals surface area contributed by atoms with Crippen LogP contribution in [-0.4, -0.2) is 5.54 Å². The molecule has 0 saturated heterocycles. The third-order valence-electron chi connectivity index (χ3n) is 1.68. The van der Waals surface area contributed by atoms with Gasteiger partial charge in [0.25, 0.3) is 0 Å². The Morgan fingerprint density at radius 3 is 2.62 bits per heavy atom. The topological polar surface area (TPSA) is 26.0 Å². The van der Waals surface area contributed by atoms with Crippen LogP contribution in [0.1, 0.15) is 19.4 Å². The van der Waals surface area contributed by atoms with Crippen molar-refractivity contribution in [3.05, 3.63) is 34.6 Å². The van der Waals surface area contributed by atoms with Crippen LogP contribution in [0, 0.1) is 5.82 Å². The Bertz CT molecular complexity index is 304. The van der Waals surface area contributed by atoms with Crippen LogP contribution < -0.4 is 5.73 Å². The maximum atomic E-state index is 13.0. The van der Waals surface area contributed by atoms with Gasteiger partial charge in [-0.15, -0.1) is 0 Å². The molecule has 0 fully saturated rings. The van der Waals surface area contributed by atoms with Gasteiger partial charge in [0.15, 0.2) is 0 Å². The molecule has 1 aromatic carbocycles. The Balaban J connectivity index is 2.96. The molecule has 0 spiro atoms. The Morgan fingerprint density at radius 2 is 2.08 bits per heavy atom. The highest BCUT2D eigenvalue weighted by atomic mass is 35.5. The lowest BCUT2D eigenvalue weighted by atomic mass is 9.96. The first-order valence-corrected chi connectivity index (χ1v) is 4.50. The molecule has 0 saturated carbocycles. The van der Waals surface area contributed by atoms with Crippen LogP contribution in [0.4, 0.5) is 4.39 Å². The van der Waals surface area contributed by atoms with Gasteiger partial charge in [-0.2, -0.15) is 0 Å². The molecular weight excluding hydrogens is 189 g/mol. The molecule has 0 atom stereocenters. The van der Waals surface area contributed by atoms with Gasteiger partial charge in [0.1, 0.15) is 5.82 Å². The predicted molar refractivity (Wildman–Crippen MR) is 53.4 cm³/mol. The summed E-state index contributed by atoms with van der Waals surface area (Å²) in [6.07, 6.45) is 0.573. The summed E-state index contributed by atoms with van der Waals surface area (Å²) in [7, 11) is 0. The summed E-state index contributed by atoms with van der Waals surface area (Å²) in [6, 6.07) is 4.78. The zero-order valence-electron chi connectivity index (χ0n) is 7.77. The smallest absolute Gasteiger partial charge is 0.142 e. The SMILES string of the molecule is CC(C)(N)Cc1cccc(F)c1Cl. The van der Waals surface area contributed by atoms with E-state index < -0.39 is 0 Å². The van der Waals surface area contributed by atoms with Crippen molar-refractivity contribution in [3.8, 4) is 0 Å². The molecule has 0 aromatic heterocycles. The van der Waals surface area contributed by atoms with E-state index in [2.05, 4.69) is 0 Å². The van der Waals surface area contributed by atoms with E-state index in [0.29, 0.717) is 6.42 Å². The highest BCUT2D eigenvalue weighted by molar-refractivity contribution is 6.31. The van der Waals surface area contributed by atoms with Crippen LogP contribution in [0.15, 0.2) is 18.2 Å². The molecule has 0 aliphatic rings. The maximum absolute atomic E-state index is 13.0. The minimum atomic E-state index is -0.386. The normalized spacial score (nSPS) is 11.8. The molecule has 1 nitrogen and oxygen atoms in total. The van der Waals surface area contributed by atoms with Crippen LogP contribution in [0.3, 0.4) is 0 Å². The number of halogens is 2. The second-order valence-corrected chi connectivity index (χ2v) is 4.26. The molecule has 1 aromatic rings. The molecule has 0 heterocycles. The molecule has 0 amide bonds. The summed E-state index contributed by atoms with van der Waals surface area (Å²) < 4.78 is 13.0. The summed E-state index contributed by atoms with van der Waals surface area (Å²) in [4.78, 5) is 0. The molecule has 1 rings (SSSR count). The third kappa shape index (κ3) is 2.98. The molecule has 0 aliphatic heterocycles. The Labute approximate surface area is 82.7 Å².